The SMILES string of the molecule is CCCNc1ncc([N+](=O)[O-])c(NC(C)CCC(C)C)n1. The number of nitrogens with zero attached hydrogens (tertiary/aromatic N) is 3. The molecule has 0 saturated carbocycles. The first-order chi connectivity index (χ1) is 9.93. The van der Waals surface area contributed by atoms with E-state index in [1.54, 1.807) is 0 Å². The van der Waals surface area contributed by atoms with Crippen LogP contribution in [-0.2, 0) is 0 Å². The fourth-order valence-corrected chi connectivity index (χ4v) is 1.83. The van der Waals surface area contributed by atoms with Gasteiger partial charge in [0.15, 0.2) is 0 Å². The summed E-state index contributed by atoms with van der Waals surface area (Å²) in [5.74, 6) is 1.31. The van der Waals surface area contributed by atoms with Gasteiger partial charge in [0, 0.05) is 12.6 Å². The summed E-state index contributed by atoms with van der Waals surface area (Å²) in [5, 5.41) is 17.2. The normalized spacial score (nSPS) is 12.2. The molecule has 0 spiro atoms. The van der Waals surface area contributed by atoms with E-state index < -0.39 is 4.92 Å². The molecule has 7 heteroatoms. The summed E-state index contributed by atoms with van der Waals surface area (Å²) in [5.41, 5.74) is -0.0894. The van der Waals surface area contributed by atoms with Crippen molar-refractivity contribution >= 4 is 17.5 Å². The van der Waals surface area contributed by atoms with Crippen molar-refractivity contribution in [1.29, 1.82) is 0 Å². The molecular formula is C14H25N5O2. The van der Waals surface area contributed by atoms with E-state index in [-0.39, 0.29) is 17.5 Å². The molecule has 0 aliphatic carbocycles. The Morgan fingerprint density at radius 1 is 1.33 bits per heavy atom. The van der Waals surface area contributed by atoms with Crippen molar-refractivity contribution in [3.8, 4) is 0 Å². The summed E-state index contributed by atoms with van der Waals surface area (Å²) in [4.78, 5) is 18.8. The maximum atomic E-state index is 11.1. The second-order valence-corrected chi connectivity index (χ2v) is 5.63. The topological polar surface area (TPSA) is 93.0 Å². The van der Waals surface area contributed by atoms with Crippen LogP contribution in [0.4, 0.5) is 17.5 Å². The van der Waals surface area contributed by atoms with Crippen LogP contribution >= 0.6 is 0 Å². The molecule has 0 saturated heterocycles. The largest absolute Gasteiger partial charge is 0.362 e. The van der Waals surface area contributed by atoms with Gasteiger partial charge in [0.1, 0.15) is 6.20 Å². The van der Waals surface area contributed by atoms with E-state index in [2.05, 4.69) is 34.4 Å². The van der Waals surface area contributed by atoms with Crippen LogP contribution in [-0.4, -0.2) is 27.5 Å². The highest BCUT2D eigenvalue weighted by Crippen LogP contribution is 2.23. The lowest BCUT2D eigenvalue weighted by Crippen LogP contribution is -2.18. The zero-order valence-corrected chi connectivity index (χ0v) is 13.2. The molecule has 1 rings (SSSR count). The molecule has 1 unspecified atom stereocenters. The standard InChI is InChI=1S/C14H25N5O2/c1-5-8-15-14-16-9-12(19(20)21)13(18-14)17-11(4)7-6-10(2)3/h9-11H,5-8H2,1-4H3,(H2,15,16,17,18). The van der Waals surface area contributed by atoms with Gasteiger partial charge in [-0.25, -0.2) is 4.98 Å². The van der Waals surface area contributed by atoms with Crippen LogP contribution in [0.3, 0.4) is 0 Å². The Morgan fingerprint density at radius 3 is 2.62 bits per heavy atom. The summed E-state index contributed by atoms with van der Waals surface area (Å²) < 4.78 is 0. The molecule has 7 nitrogen and oxygen atoms in total. The second-order valence-electron chi connectivity index (χ2n) is 5.63. The van der Waals surface area contributed by atoms with Crippen molar-refractivity contribution in [3.63, 3.8) is 0 Å². The molecule has 1 aromatic rings. The second kappa shape index (κ2) is 8.39. The maximum absolute atomic E-state index is 11.1. The van der Waals surface area contributed by atoms with E-state index >= 15 is 0 Å². The Labute approximate surface area is 125 Å². The molecule has 0 radical (unpaired) electrons. The maximum Gasteiger partial charge on any atom is 0.329 e. The average molecular weight is 295 g/mol. The lowest BCUT2D eigenvalue weighted by molar-refractivity contribution is -0.384. The number of nitrogens with one attached hydrogen (secondary N) is 2. The summed E-state index contributed by atoms with van der Waals surface area (Å²) in [6.07, 6.45) is 4.20. The summed E-state index contributed by atoms with van der Waals surface area (Å²) >= 11 is 0. The number of rotatable bonds is 9. The third-order valence-corrected chi connectivity index (χ3v) is 3.06. The van der Waals surface area contributed by atoms with Gasteiger partial charge < -0.3 is 10.6 Å². The van der Waals surface area contributed by atoms with Gasteiger partial charge in [0.25, 0.3) is 0 Å². The summed E-state index contributed by atoms with van der Waals surface area (Å²) in [6, 6.07) is 0.125. The minimum Gasteiger partial charge on any atom is -0.362 e. The molecule has 1 heterocycles. The Bertz CT molecular complexity index is 465. The van der Waals surface area contributed by atoms with Gasteiger partial charge in [-0.2, -0.15) is 4.98 Å². The average Bonchev–Trinajstić information content (AvgIpc) is 2.42. The van der Waals surface area contributed by atoms with Crippen molar-refractivity contribution in [2.75, 3.05) is 17.2 Å². The molecule has 0 fully saturated rings. The Morgan fingerprint density at radius 2 is 2.05 bits per heavy atom. The van der Waals surface area contributed by atoms with Crippen LogP contribution in [0.25, 0.3) is 0 Å². The number of aromatic nitrogens is 2. The fourth-order valence-electron chi connectivity index (χ4n) is 1.83. The van der Waals surface area contributed by atoms with E-state index in [9.17, 15) is 10.1 Å². The van der Waals surface area contributed by atoms with Crippen LogP contribution in [0.5, 0.6) is 0 Å². The highest BCUT2D eigenvalue weighted by Gasteiger charge is 2.18. The minimum absolute atomic E-state index is 0.0894. The zero-order valence-electron chi connectivity index (χ0n) is 13.2. The molecule has 1 atom stereocenters. The predicted molar refractivity (Wildman–Crippen MR) is 84.6 cm³/mol. The summed E-state index contributed by atoms with van der Waals surface area (Å²) in [7, 11) is 0. The van der Waals surface area contributed by atoms with Crippen molar-refractivity contribution < 1.29 is 4.92 Å². The van der Waals surface area contributed by atoms with Crippen LogP contribution in [0.2, 0.25) is 0 Å². The van der Waals surface area contributed by atoms with Gasteiger partial charge in [0.2, 0.25) is 11.8 Å². The fraction of sp³-hybridized carbons (Fsp3) is 0.714. The number of nitro groups is 1. The first-order valence-corrected chi connectivity index (χ1v) is 7.45. The molecule has 0 amide bonds. The first-order valence-electron chi connectivity index (χ1n) is 7.45. The van der Waals surface area contributed by atoms with Crippen molar-refractivity contribution in [2.45, 2.75) is 53.0 Å². The van der Waals surface area contributed by atoms with E-state index in [1.807, 2.05) is 13.8 Å². The lowest BCUT2D eigenvalue weighted by atomic mass is 10.0. The quantitative estimate of drug-likeness (QED) is 0.535. The number of hydrogen-bond donors (Lipinski definition) is 2. The lowest BCUT2D eigenvalue weighted by Gasteiger charge is -2.16. The summed E-state index contributed by atoms with van der Waals surface area (Å²) in [6.45, 7) is 9.10. The van der Waals surface area contributed by atoms with Gasteiger partial charge in [-0.3, -0.25) is 10.1 Å². The molecular weight excluding hydrogens is 270 g/mol. The van der Waals surface area contributed by atoms with E-state index in [1.165, 1.54) is 6.20 Å². The van der Waals surface area contributed by atoms with Gasteiger partial charge in [0.05, 0.1) is 4.92 Å². The van der Waals surface area contributed by atoms with Crippen LogP contribution in [0.1, 0.15) is 47.0 Å². The highest BCUT2D eigenvalue weighted by molar-refractivity contribution is 5.57. The molecule has 0 bridgehead atoms. The van der Waals surface area contributed by atoms with E-state index in [0.717, 1.165) is 25.8 Å². The highest BCUT2D eigenvalue weighted by atomic mass is 16.6. The van der Waals surface area contributed by atoms with Crippen molar-refractivity contribution in [3.05, 3.63) is 16.3 Å². The molecule has 118 valence electrons. The van der Waals surface area contributed by atoms with Gasteiger partial charge in [-0.05, 0) is 32.1 Å². The monoisotopic (exact) mass is 295 g/mol. The molecule has 1 aromatic heterocycles. The van der Waals surface area contributed by atoms with Crippen molar-refractivity contribution in [2.24, 2.45) is 5.92 Å². The molecule has 21 heavy (non-hydrogen) atoms. The Balaban J connectivity index is 2.82. The predicted octanol–water partition coefficient (Wildman–Crippen LogP) is 3.44. The smallest absolute Gasteiger partial charge is 0.329 e. The molecule has 0 aliphatic rings. The van der Waals surface area contributed by atoms with E-state index in [0.29, 0.717) is 11.9 Å². The van der Waals surface area contributed by atoms with Crippen LogP contribution in [0.15, 0.2) is 6.20 Å². The third kappa shape index (κ3) is 5.93. The third-order valence-electron chi connectivity index (χ3n) is 3.06. The van der Waals surface area contributed by atoms with E-state index in [4.69, 9.17) is 0 Å². The minimum atomic E-state index is -0.457. The van der Waals surface area contributed by atoms with Crippen LogP contribution < -0.4 is 10.6 Å². The zero-order chi connectivity index (χ0) is 15.8. The number of hydrogen-bond acceptors (Lipinski definition) is 6. The Kier molecular flexibility index (Phi) is 6.84. The Hall–Kier alpha value is -1.92. The number of anilines is 2. The molecule has 0 aromatic carbocycles. The molecule has 2 N–H and O–H groups in total. The first kappa shape index (κ1) is 17.1. The van der Waals surface area contributed by atoms with Gasteiger partial charge in [-0.15, -0.1) is 0 Å². The van der Waals surface area contributed by atoms with Gasteiger partial charge in [-0.1, -0.05) is 20.8 Å². The van der Waals surface area contributed by atoms with Gasteiger partial charge >= 0.3 is 5.69 Å². The molecule has 0 aliphatic heterocycles. The van der Waals surface area contributed by atoms with Crippen LogP contribution in [0, 0.1) is 16.0 Å². The van der Waals surface area contributed by atoms with Crippen molar-refractivity contribution in [1.82, 2.24) is 9.97 Å².